The molecule has 1 aromatic carbocycles. The Bertz CT molecular complexity index is 320. The molecule has 2 nitrogen and oxygen atoms in total. The van der Waals surface area contributed by atoms with Gasteiger partial charge < -0.3 is 10.4 Å². The van der Waals surface area contributed by atoms with Crippen molar-refractivity contribution < 1.29 is 5.11 Å². The van der Waals surface area contributed by atoms with Crippen molar-refractivity contribution in [2.24, 2.45) is 0 Å². The molecular weight excluding hydrogens is 198 g/mol. The van der Waals surface area contributed by atoms with Gasteiger partial charge in [-0.2, -0.15) is 0 Å². The molecule has 1 fully saturated rings. The third-order valence-electron chi connectivity index (χ3n) is 3.48. The van der Waals surface area contributed by atoms with Crippen LogP contribution in [0.15, 0.2) is 24.3 Å². The fourth-order valence-electron chi connectivity index (χ4n) is 2.32. The van der Waals surface area contributed by atoms with Crippen LogP contribution in [0.1, 0.15) is 37.3 Å². The van der Waals surface area contributed by atoms with Crippen LogP contribution < -0.4 is 5.32 Å². The zero-order valence-corrected chi connectivity index (χ0v) is 9.95. The first-order valence-corrected chi connectivity index (χ1v) is 6.29. The minimum Gasteiger partial charge on any atom is -0.392 e. The van der Waals surface area contributed by atoms with E-state index in [9.17, 15) is 5.11 Å². The average molecular weight is 219 g/mol. The van der Waals surface area contributed by atoms with Crippen molar-refractivity contribution in [3.63, 3.8) is 0 Å². The normalized spacial score (nSPS) is 24.9. The van der Waals surface area contributed by atoms with Crippen molar-refractivity contribution in [1.82, 2.24) is 5.32 Å². The summed E-state index contributed by atoms with van der Waals surface area (Å²) in [5.74, 6) is 0. The van der Waals surface area contributed by atoms with E-state index < -0.39 is 0 Å². The molecule has 0 unspecified atom stereocenters. The molecule has 0 amide bonds. The topological polar surface area (TPSA) is 32.3 Å². The molecule has 2 rings (SSSR count). The molecule has 1 aromatic rings. The summed E-state index contributed by atoms with van der Waals surface area (Å²) in [7, 11) is 0. The molecule has 0 heterocycles. The van der Waals surface area contributed by atoms with Crippen LogP contribution in [0.2, 0.25) is 0 Å². The Morgan fingerprint density at radius 3 is 2.44 bits per heavy atom. The Labute approximate surface area is 97.7 Å². The predicted molar refractivity (Wildman–Crippen MR) is 66.3 cm³/mol. The second-order valence-electron chi connectivity index (χ2n) is 4.66. The van der Waals surface area contributed by atoms with Crippen LogP contribution >= 0.6 is 0 Å². The lowest BCUT2D eigenvalue weighted by Crippen LogP contribution is -2.34. The Kier molecular flexibility index (Phi) is 3.97. The summed E-state index contributed by atoms with van der Waals surface area (Å²) < 4.78 is 0. The predicted octanol–water partition coefficient (Wildman–Crippen LogP) is 2.25. The highest BCUT2D eigenvalue weighted by molar-refractivity contribution is 5.22. The van der Waals surface area contributed by atoms with Crippen LogP contribution in [-0.4, -0.2) is 17.3 Å². The standard InChI is InChI=1S/C14H21NO/c1-2-11-6-8-12(9-7-11)10-15-13-4-3-5-14(13)16/h6-9,13-16H,2-5,10H2,1H3/t13-,14-/m1/s1. The van der Waals surface area contributed by atoms with Gasteiger partial charge in [0.15, 0.2) is 0 Å². The number of nitrogens with one attached hydrogen (secondary N) is 1. The lowest BCUT2D eigenvalue weighted by Gasteiger charge is -2.16. The van der Waals surface area contributed by atoms with Gasteiger partial charge in [0.1, 0.15) is 0 Å². The van der Waals surface area contributed by atoms with E-state index in [-0.39, 0.29) is 6.10 Å². The van der Waals surface area contributed by atoms with Crippen molar-refractivity contribution >= 4 is 0 Å². The zero-order valence-electron chi connectivity index (χ0n) is 9.95. The lowest BCUT2D eigenvalue weighted by molar-refractivity contribution is 0.148. The van der Waals surface area contributed by atoms with E-state index in [0.29, 0.717) is 6.04 Å². The van der Waals surface area contributed by atoms with Gasteiger partial charge >= 0.3 is 0 Å². The van der Waals surface area contributed by atoms with Gasteiger partial charge in [-0.15, -0.1) is 0 Å². The fourth-order valence-corrected chi connectivity index (χ4v) is 2.32. The molecule has 16 heavy (non-hydrogen) atoms. The highest BCUT2D eigenvalue weighted by Gasteiger charge is 2.24. The average Bonchev–Trinajstić information content (AvgIpc) is 2.73. The van der Waals surface area contributed by atoms with Crippen LogP contribution in [0.25, 0.3) is 0 Å². The molecule has 2 heteroatoms. The maximum Gasteiger partial charge on any atom is 0.0693 e. The van der Waals surface area contributed by atoms with E-state index in [1.165, 1.54) is 11.1 Å². The van der Waals surface area contributed by atoms with E-state index in [1.54, 1.807) is 0 Å². The van der Waals surface area contributed by atoms with Gasteiger partial charge in [-0.1, -0.05) is 31.2 Å². The van der Waals surface area contributed by atoms with Gasteiger partial charge in [0, 0.05) is 12.6 Å². The van der Waals surface area contributed by atoms with Crippen LogP contribution in [0.5, 0.6) is 0 Å². The minimum absolute atomic E-state index is 0.144. The van der Waals surface area contributed by atoms with Crippen LogP contribution in [0, 0.1) is 0 Å². The van der Waals surface area contributed by atoms with Crippen LogP contribution in [0.4, 0.5) is 0 Å². The molecule has 1 saturated carbocycles. The van der Waals surface area contributed by atoms with E-state index in [2.05, 4.69) is 36.5 Å². The third-order valence-corrected chi connectivity index (χ3v) is 3.48. The summed E-state index contributed by atoms with van der Waals surface area (Å²) in [6.45, 7) is 3.04. The quantitative estimate of drug-likeness (QED) is 0.814. The van der Waals surface area contributed by atoms with E-state index >= 15 is 0 Å². The van der Waals surface area contributed by atoms with Crippen LogP contribution in [-0.2, 0) is 13.0 Å². The van der Waals surface area contributed by atoms with Gasteiger partial charge in [0.25, 0.3) is 0 Å². The highest BCUT2D eigenvalue weighted by atomic mass is 16.3. The first-order valence-electron chi connectivity index (χ1n) is 6.29. The van der Waals surface area contributed by atoms with Crippen molar-refractivity contribution in [2.45, 2.75) is 51.3 Å². The Hall–Kier alpha value is -0.860. The van der Waals surface area contributed by atoms with Gasteiger partial charge in [0.2, 0.25) is 0 Å². The second-order valence-corrected chi connectivity index (χ2v) is 4.66. The third kappa shape index (κ3) is 2.83. The summed E-state index contributed by atoms with van der Waals surface area (Å²) in [6, 6.07) is 9.01. The SMILES string of the molecule is CCc1ccc(CN[C@@H]2CCC[C@H]2O)cc1. The molecule has 1 aliphatic carbocycles. The smallest absolute Gasteiger partial charge is 0.0693 e. The zero-order chi connectivity index (χ0) is 11.4. The molecule has 0 saturated heterocycles. The van der Waals surface area contributed by atoms with Crippen molar-refractivity contribution in [3.8, 4) is 0 Å². The van der Waals surface area contributed by atoms with E-state index in [0.717, 1.165) is 32.2 Å². The maximum atomic E-state index is 9.69. The fraction of sp³-hybridized carbons (Fsp3) is 0.571. The number of rotatable bonds is 4. The Morgan fingerprint density at radius 2 is 1.88 bits per heavy atom. The Morgan fingerprint density at radius 1 is 1.19 bits per heavy atom. The molecule has 1 aliphatic rings. The number of hydrogen-bond acceptors (Lipinski definition) is 2. The second kappa shape index (κ2) is 5.46. The molecular formula is C14H21NO. The Balaban J connectivity index is 1.84. The molecule has 2 atom stereocenters. The summed E-state index contributed by atoms with van der Waals surface area (Å²) in [6.07, 6.45) is 4.15. The van der Waals surface area contributed by atoms with E-state index in [1.807, 2.05) is 0 Å². The lowest BCUT2D eigenvalue weighted by atomic mass is 10.1. The number of aryl methyl sites for hydroxylation is 1. The number of benzene rings is 1. The molecule has 0 spiro atoms. The van der Waals surface area contributed by atoms with Gasteiger partial charge in [0.05, 0.1) is 6.10 Å². The molecule has 0 bridgehead atoms. The van der Waals surface area contributed by atoms with Gasteiger partial charge in [-0.05, 0) is 36.8 Å². The summed E-state index contributed by atoms with van der Waals surface area (Å²) in [5, 5.41) is 13.1. The maximum absolute atomic E-state index is 9.69. The molecule has 0 aliphatic heterocycles. The molecule has 0 radical (unpaired) electrons. The minimum atomic E-state index is -0.144. The van der Waals surface area contributed by atoms with E-state index in [4.69, 9.17) is 0 Å². The van der Waals surface area contributed by atoms with Gasteiger partial charge in [-0.25, -0.2) is 0 Å². The molecule has 2 N–H and O–H groups in total. The number of aliphatic hydroxyl groups is 1. The van der Waals surface area contributed by atoms with Gasteiger partial charge in [-0.3, -0.25) is 0 Å². The highest BCUT2D eigenvalue weighted by Crippen LogP contribution is 2.19. The van der Waals surface area contributed by atoms with Crippen molar-refractivity contribution in [1.29, 1.82) is 0 Å². The first kappa shape index (κ1) is 11.6. The summed E-state index contributed by atoms with van der Waals surface area (Å²) in [4.78, 5) is 0. The van der Waals surface area contributed by atoms with Crippen LogP contribution in [0.3, 0.4) is 0 Å². The van der Waals surface area contributed by atoms with Crippen molar-refractivity contribution in [2.75, 3.05) is 0 Å². The number of hydrogen-bond donors (Lipinski definition) is 2. The molecule has 0 aromatic heterocycles. The monoisotopic (exact) mass is 219 g/mol. The molecule has 88 valence electrons. The summed E-state index contributed by atoms with van der Waals surface area (Å²) >= 11 is 0. The first-order chi connectivity index (χ1) is 7.79. The summed E-state index contributed by atoms with van der Waals surface area (Å²) in [5.41, 5.74) is 2.68. The van der Waals surface area contributed by atoms with Crippen molar-refractivity contribution in [3.05, 3.63) is 35.4 Å². The largest absolute Gasteiger partial charge is 0.392 e. The number of aliphatic hydroxyl groups excluding tert-OH is 1.